The molecule has 0 radical (unpaired) electrons. The molecular formula is C20H22N2. The van der Waals surface area contributed by atoms with Crippen LogP contribution in [0.25, 0.3) is 11.1 Å². The Morgan fingerprint density at radius 3 is 2.09 bits per heavy atom. The van der Waals surface area contributed by atoms with Crippen molar-refractivity contribution in [1.82, 2.24) is 4.98 Å². The summed E-state index contributed by atoms with van der Waals surface area (Å²) < 4.78 is 0. The van der Waals surface area contributed by atoms with Gasteiger partial charge in [-0.2, -0.15) is 0 Å². The Balaban J connectivity index is 0.000000847. The van der Waals surface area contributed by atoms with Crippen molar-refractivity contribution < 1.29 is 0 Å². The van der Waals surface area contributed by atoms with Crippen molar-refractivity contribution >= 4 is 11.4 Å². The first-order valence-electron chi connectivity index (χ1n) is 7.64. The van der Waals surface area contributed by atoms with E-state index in [1.807, 2.05) is 32.2 Å². The van der Waals surface area contributed by atoms with E-state index in [-0.39, 0.29) is 0 Å². The van der Waals surface area contributed by atoms with E-state index < -0.39 is 0 Å². The molecule has 22 heavy (non-hydrogen) atoms. The fourth-order valence-electron chi connectivity index (χ4n) is 2.23. The fourth-order valence-corrected chi connectivity index (χ4v) is 2.23. The van der Waals surface area contributed by atoms with Crippen LogP contribution in [-0.2, 0) is 0 Å². The van der Waals surface area contributed by atoms with Crippen LogP contribution in [0.1, 0.15) is 13.8 Å². The van der Waals surface area contributed by atoms with E-state index in [4.69, 9.17) is 0 Å². The van der Waals surface area contributed by atoms with Gasteiger partial charge in [0, 0.05) is 36.4 Å². The lowest BCUT2D eigenvalue weighted by molar-refractivity contribution is 1.21. The monoisotopic (exact) mass is 290 g/mol. The summed E-state index contributed by atoms with van der Waals surface area (Å²) in [7, 11) is 2.08. The second-order valence-electron chi connectivity index (χ2n) is 4.69. The first kappa shape index (κ1) is 15.8. The highest BCUT2D eigenvalue weighted by Crippen LogP contribution is 2.27. The van der Waals surface area contributed by atoms with Crippen LogP contribution in [0.5, 0.6) is 0 Å². The number of anilines is 2. The normalized spacial score (nSPS) is 9.59. The Labute approximate surface area is 133 Å². The maximum absolute atomic E-state index is 4.18. The maximum Gasteiger partial charge on any atom is 0.0414 e. The average Bonchev–Trinajstić information content (AvgIpc) is 2.64. The van der Waals surface area contributed by atoms with Crippen LogP contribution in [0.15, 0.2) is 79.1 Å². The molecule has 0 fully saturated rings. The number of hydrogen-bond acceptors (Lipinski definition) is 2. The number of hydrogen-bond donors (Lipinski definition) is 0. The molecule has 1 heterocycles. The molecular weight excluding hydrogens is 268 g/mol. The molecule has 3 aromatic rings. The fraction of sp³-hybridized carbons (Fsp3) is 0.150. The van der Waals surface area contributed by atoms with Gasteiger partial charge in [-0.25, -0.2) is 0 Å². The molecule has 112 valence electrons. The molecule has 0 spiro atoms. The molecule has 1 aromatic heterocycles. The zero-order valence-electron chi connectivity index (χ0n) is 13.4. The molecule has 0 amide bonds. The Morgan fingerprint density at radius 2 is 1.41 bits per heavy atom. The molecule has 0 N–H and O–H groups in total. The third kappa shape index (κ3) is 3.73. The van der Waals surface area contributed by atoms with E-state index in [9.17, 15) is 0 Å². The van der Waals surface area contributed by atoms with Crippen molar-refractivity contribution in [3.8, 4) is 11.1 Å². The Morgan fingerprint density at radius 1 is 0.727 bits per heavy atom. The summed E-state index contributed by atoms with van der Waals surface area (Å²) in [5.41, 5.74) is 4.66. The van der Waals surface area contributed by atoms with Crippen molar-refractivity contribution in [1.29, 1.82) is 0 Å². The molecule has 0 aliphatic heterocycles. The topological polar surface area (TPSA) is 16.1 Å². The molecule has 2 heteroatoms. The number of pyridine rings is 1. The van der Waals surface area contributed by atoms with Gasteiger partial charge in [0.15, 0.2) is 0 Å². The highest BCUT2D eigenvalue weighted by molar-refractivity contribution is 5.71. The van der Waals surface area contributed by atoms with Gasteiger partial charge >= 0.3 is 0 Å². The Bertz CT molecular complexity index is 678. The summed E-state index contributed by atoms with van der Waals surface area (Å²) in [6, 6.07) is 22.9. The van der Waals surface area contributed by atoms with Gasteiger partial charge in [-0.05, 0) is 35.9 Å². The van der Waals surface area contributed by atoms with Gasteiger partial charge in [-0.1, -0.05) is 50.2 Å². The predicted molar refractivity (Wildman–Crippen MR) is 95.5 cm³/mol. The summed E-state index contributed by atoms with van der Waals surface area (Å²) in [5, 5.41) is 0. The Hall–Kier alpha value is -2.61. The van der Waals surface area contributed by atoms with E-state index in [1.165, 1.54) is 11.3 Å². The third-order valence-electron chi connectivity index (χ3n) is 3.37. The maximum atomic E-state index is 4.18. The number of aromatic nitrogens is 1. The first-order valence-corrected chi connectivity index (χ1v) is 7.64. The van der Waals surface area contributed by atoms with Gasteiger partial charge in [-0.15, -0.1) is 0 Å². The first-order chi connectivity index (χ1) is 10.8. The molecule has 0 bridgehead atoms. The standard InChI is InChI=1S/C18H16N2.C2H6/c1-20(17-9-3-2-4-10-17)18-11-5-7-15(13-18)16-8-6-12-19-14-16;1-2/h2-14H,1H3;1-2H3. The van der Waals surface area contributed by atoms with Gasteiger partial charge in [0.2, 0.25) is 0 Å². The number of benzene rings is 2. The number of rotatable bonds is 3. The second-order valence-corrected chi connectivity index (χ2v) is 4.69. The average molecular weight is 290 g/mol. The van der Waals surface area contributed by atoms with Crippen LogP contribution in [0.4, 0.5) is 11.4 Å². The molecule has 0 atom stereocenters. The van der Waals surface area contributed by atoms with Crippen LogP contribution in [0.2, 0.25) is 0 Å². The van der Waals surface area contributed by atoms with Crippen molar-refractivity contribution in [2.75, 3.05) is 11.9 Å². The molecule has 2 nitrogen and oxygen atoms in total. The minimum Gasteiger partial charge on any atom is -0.345 e. The second kappa shape index (κ2) is 7.99. The largest absolute Gasteiger partial charge is 0.345 e. The van der Waals surface area contributed by atoms with Crippen LogP contribution in [0, 0.1) is 0 Å². The summed E-state index contributed by atoms with van der Waals surface area (Å²) in [5.74, 6) is 0. The molecule has 2 aromatic carbocycles. The van der Waals surface area contributed by atoms with Crippen LogP contribution in [-0.4, -0.2) is 12.0 Å². The smallest absolute Gasteiger partial charge is 0.0414 e. The van der Waals surface area contributed by atoms with E-state index in [2.05, 4.69) is 71.5 Å². The minimum atomic E-state index is 1.14. The van der Waals surface area contributed by atoms with Crippen LogP contribution >= 0.6 is 0 Å². The summed E-state index contributed by atoms with van der Waals surface area (Å²) in [6.45, 7) is 4.00. The molecule has 3 rings (SSSR count). The number of para-hydroxylation sites is 1. The van der Waals surface area contributed by atoms with Gasteiger partial charge < -0.3 is 4.90 Å². The highest BCUT2D eigenvalue weighted by atomic mass is 15.1. The lowest BCUT2D eigenvalue weighted by Crippen LogP contribution is -2.08. The van der Waals surface area contributed by atoms with Crippen molar-refractivity contribution in [3.05, 3.63) is 79.1 Å². The molecule has 0 unspecified atom stereocenters. The zero-order chi connectivity index (χ0) is 15.8. The third-order valence-corrected chi connectivity index (χ3v) is 3.37. The van der Waals surface area contributed by atoms with Crippen molar-refractivity contribution in [2.24, 2.45) is 0 Å². The van der Waals surface area contributed by atoms with Crippen LogP contribution in [0.3, 0.4) is 0 Å². The minimum absolute atomic E-state index is 1.14. The highest BCUT2D eigenvalue weighted by Gasteiger charge is 2.05. The van der Waals surface area contributed by atoms with Gasteiger partial charge in [0.1, 0.15) is 0 Å². The quantitative estimate of drug-likeness (QED) is 0.629. The van der Waals surface area contributed by atoms with Crippen molar-refractivity contribution in [2.45, 2.75) is 13.8 Å². The van der Waals surface area contributed by atoms with E-state index >= 15 is 0 Å². The SMILES string of the molecule is CC.CN(c1ccccc1)c1cccc(-c2cccnc2)c1. The molecule has 0 aliphatic carbocycles. The number of nitrogens with zero attached hydrogens (tertiary/aromatic N) is 2. The zero-order valence-corrected chi connectivity index (χ0v) is 13.4. The lowest BCUT2D eigenvalue weighted by Gasteiger charge is -2.20. The molecule has 0 saturated heterocycles. The summed E-state index contributed by atoms with van der Waals surface area (Å²) in [6.07, 6.45) is 3.69. The Kier molecular flexibility index (Phi) is 5.73. The van der Waals surface area contributed by atoms with Crippen molar-refractivity contribution in [3.63, 3.8) is 0 Å². The predicted octanol–water partition coefficient (Wildman–Crippen LogP) is 5.54. The molecule has 0 saturated carbocycles. The lowest BCUT2D eigenvalue weighted by atomic mass is 10.1. The summed E-state index contributed by atoms with van der Waals surface area (Å²) in [4.78, 5) is 6.36. The van der Waals surface area contributed by atoms with E-state index in [0.717, 1.165) is 11.3 Å². The summed E-state index contributed by atoms with van der Waals surface area (Å²) >= 11 is 0. The van der Waals surface area contributed by atoms with Gasteiger partial charge in [-0.3, -0.25) is 4.98 Å². The van der Waals surface area contributed by atoms with Gasteiger partial charge in [0.25, 0.3) is 0 Å². The molecule has 0 aliphatic rings. The van der Waals surface area contributed by atoms with Crippen LogP contribution < -0.4 is 4.90 Å². The van der Waals surface area contributed by atoms with E-state index in [0.29, 0.717) is 0 Å². The van der Waals surface area contributed by atoms with E-state index in [1.54, 1.807) is 6.20 Å². The van der Waals surface area contributed by atoms with Gasteiger partial charge in [0.05, 0.1) is 0 Å².